The van der Waals surface area contributed by atoms with Crippen molar-refractivity contribution in [3.05, 3.63) is 42.2 Å². The number of nitrogens with zero attached hydrogens (tertiary/aromatic N) is 1. The van der Waals surface area contributed by atoms with Crippen molar-refractivity contribution >= 4 is 17.0 Å². The highest BCUT2D eigenvalue weighted by Crippen LogP contribution is 2.14. The SMILES string of the molecule is C=CCOC(=O)CCCc1nc2cc(CN)ccc2[nH]1. The predicted octanol–water partition coefficient (Wildman–Crippen LogP) is 2.07. The van der Waals surface area contributed by atoms with Crippen molar-refractivity contribution in [2.75, 3.05) is 6.61 Å². The first-order chi connectivity index (χ1) is 9.72. The number of nitrogens with two attached hydrogens (primary N) is 1. The number of rotatable bonds is 7. The van der Waals surface area contributed by atoms with Crippen LogP contribution < -0.4 is 5.73 Å². The summed E-state index contributed by atoms with van der Waals surface area (Å²) in [5, 5.41) is 0. The van der Waals surface area contributed by atoms with Crippen LogP contribution in [0.5, 0.6) is 0 Å². The van der Waals surface area contributed by atoms with E-state index in [4.69, 9.17) is 10.5 Å². The van der Waals surface area contributed by atoms with Crippen LogP contribution in [0.4, 0.5) is 0 Å². The first-order valence-corrected chi connectivity index (χ1v) is 6.67. The molecule has 1 aromatic heterocycles. The van der Waals surface area contributed by atoms with E-state index >= 15 is 0 Å². The molecule has 106 valence electrons. The molecule has 0 fully saturated rings. The summed E-state index contributed by atoms with van der Waals surface area (Å²) in [6.45, 7) is 4.27. The zero-order valence-corrected chi connectivity index (χ0v) is 11.4. The van der Waals surface area contributed by atoms with Gasteiger partial charge in [0.15, 0.2) is 0 Å². The lowest BCUT2D eigenvalue weighted by molar-refractivity contribution is -0.142. The Bertz CT molecular complexity index is 604. The van der Waals surface area contributed by atoms with Crippen molar-refractivity contribution in [1.29, 1.82) is 0 Å². The lowest BCUT2D eigenvalue weighted by atomic mass is 10.2. The maximum Gasteiger partial charge on any atom is 0.306 e. The topological polar surface area (TPSA) is 81.0 Å². The minimum Gasteiger partial charge on any atom is -0.461 e. The molecule has 0 spiro atoms. The van der Waals surface area contributed by atoms with E-state index in [0.717, 1.165) is 28.8 Å². The normalized spacial score (nSPS) is 10.7. The Morgan fingerprint density at radius 3 is 3.10 bits per heavy atom. The molecule has 0 radical (unpaired) electrons. The van der Waals surface area contributed by atoms with Gasteiger partial charge in [-0.05, 0) is 24.1 Å². The van der Waals surface area contributed by atoms with Crippen LogP contribution in [0.1, 0.15) is 24.2 Å². The number of ether oxygens (including phenoxy) is 1. The molecule has 1 aromatic carbocycles. The Morgan fingerprint density at radius 2 is 2.35 bits per heavy atom. The number of esters is 1. The molecule has 0 saturated heterocycles. The summed E-state index contributed by atoms with van der Waals surface area (Å²) in [6, 6.07) is 5.94. The quantitative estimate of drug-likeness (QED) is 0.597. The molecule has 0 saturated carbocycles. The molecule has 3 N–H and O–H groups in total. The third-order valence-corrected chi connectivity index (χ3v) is 2.99. The summed E-state index contributed by atoms with van der Waals surface area (Å²) in [4.78, 5) is 19.1. The van der Waals surface area contributed by atoms with Gasteiger partial charge in [0.1, 0.15) is 12.4 Å². The number of nitrogens with one attached hydrogen (secondary N) is 1. The molecule has 0 bridgehead atoms. The number of carbonyl (C=O) groups excluding carboxylic acids is 1. The average molecular weight is 273 g/mol. The minimum atomic E-state index is -0.202. The fourth-order valence-electron chi connectivity index (χ4n) is 1.97. The lowest BCUT2D eigenvalue weighted by Crippen LogP contribution is -2.04. The number of aromatic nitrogens is 2. The van der Waals surface area contributed by atoms with Crippen molar-refractivity contribution < 1.29 is 9.53 Å². The number of H-pyrrole nitrogens is 1. The summed E-state index contributed by atoms with van der Waals surface area (Å²) in [5.41, 5.74) is 8.57. The number of aryl methyl sites for hydroxylation is 1. The highest BCUT2D eigenvalue weighted by Gasteiger charge is 2.06. The Balaban J connectivity index is 1.90. The number of carbonyl (C=O) groups is 1. The number of benzene rings is 1. The summed E-state index contributed by atoms with van der Waals surface area (Å²) in [5.74, 6) is 0.678. The minimum absolute atomic E-state index is 0.202. The molecule has 5 heteroatoms. The molecular formula is C15H19N3O2. The van der Waals surface area contributed by atoms with Crippen LogP contribution in [0.25, 0.3) is 11.0 Å². The van der Waals surface area contributed by atoms with Gasteiger partial charge in [-0.15, -0.1) is 0 Å². The Morgan fingerprint density at radius 1 is 1.50 bits per heavy atom. The molecule has 5 nitrogen and oxygen atoms in total. The zero-order chi connectivity index (χ0) is 14.4. The maximum atomic E-state index is 11.3. The van der Waals surface area contributed by atoms with E-state index < -0.39 is 0 Å². The van der Waals surface area contributed by atoms with Gasteiger partial charge in [-0.1, -0.05) is 18.7 Å². The third kappa shape index (κ3) is 3.68. The second kappa shape index (κ2) is 6.86. The summed E-state index contributed by atoms with van der Waals surface area (Å²) >= 11 is 0. The van der Waals surface area contributed by atoms with Gasteiger partial charge in [0, 0.05) is 19.4 Å². The van der Waals surface area contributed by atoms with E-state index in [1.165, 1.54) is 0 Å². The first kappa shape index (κ1) is 14.3. The Hall–Kier alpha value is -2.14. The van der Waals surface area contributed by atoms with E-state index in [9.17, 15) is 4.79 Å². The van der Waals surface area contributed by atoms with Crippen molar-refractivity contribution in [1.82, 2.24) is 9.97 Å². The van der Waals surface area contributed by atoms with Crippen LogP contribution in [0.15, 0.2) is 30.9 Å². The van der Waals surface area contributed by atoms with E-state index in [1.807, 2.05) is 18.2 Å². The van der Waals surface area contributed by atoms with Crippen LogP contribution in [-0.2, 0) is 22.5 Å². The van der Waals surface area contributed by atoms with E-state index in [-0.39, 0.29) is 12.6 Å². The first-order valence-electron chi connectivity index (χ1n) is 6.67. The molecule has 0 atom stereocenters. The molecule has 2 aromatic rings. The van der Waals surface area contributed by atoms with Crippen molar-refractivity contribution in [3.8, 4) is 0 Å². The number of hydrogen-bond acceptors (Lipinski definition) is 4. The van der Waals surface area contributed by atoms with Gasteiger partial charge < -0.3 is 15.5 Å². The highest BCUT2D eigenvalue weighted by atomic mass is 16.5. The van der Waals surface area contributed by atoms with Gasteiger partial charge >= 0.3 is 5.97 Å². The van der Waals surface area contributed by atoms with Gasteiger partial charge in [-0.25, -0.2) is 4.98 Å². The molecule has 0 aliphatic carbocycles. The van der Waals surface area contributed by atoms with Crippen molar-refractivity contribution in [2.24, 2.45) is 5.73 Å². The van der Waals surface area contributed by atoms with Crippen LogP contribution >= 0.6 is 0 Å². The van der Waals surface area contributed by atoms with Gasteiger partial charge in [0.25, 0.3) is 0 Å². The molecular weight excluding hydrogens is 254 g/mol. The van der Waals surface area contributed by atoms with Crippen LogP contribution in [0.2, 0.25) is 0 Å². The largest absolute Gasteiger partial charge is 0.461 e. The highest BCUT2D eigenvalue weighted by molar-refractivity contribution is 5.75. The average Bonchev–Trinajstić information content (AvgIpc) is 2.86. The van der Waals surface area contributed by atoms with Gasteiger partial charge in [-0.2, -0.15) is 0 Å². The number of aromatic amines is 1. The van der Waals surface area contributed by atoms with Crippen molar-refractivity contribution in [2.45, 2.75) is 25.8 Å². The van der Waals surface area contributed by atoms with Crippen molar-refractivity contribution in [3.63, 3.8) is 0 Å². The van der Waals surface area contributed by atoms with Gasteiger partial charge in [0.2, 0.25) is 0 Å². The smallest absolute Gasteiger partial charge is 0.306 e. The van der Waals surface area contributed by atoms with Gasteiger partial charge in [0.05, 0.1) is 11.0 Å². The van der Waals surface area contributed by atoms with Crippen LogP contribution in [0.3, 0.4) is 0 Å². The summed E-state index contributed by atoms with van der Waals surface area (Å²) in [6.07, 6.45) is 3.38. The monoisotopic (exact) mass is 273 g/mol. The second-order valence-electron chi connectivity index (χ2n) is 4.56. The third-order valence-electron chi connectivity index (χ3n) is 2.99. The van der Waals surface area contributed by atoms with Crippen LogP contribution in [-0.4, -0.2) is 22.5 Å². The Labute approximate surface area is 117 Å². The van der Waals surface area contributed by atoms with E-state index in [2.05, 4.69) is 16.5 Å². The number of hydrogen-bond donors (Lipinski definition) is 2. The summed E-state index contributed by atoms with van der Waals surface area (Å²) in [7, 11) is 0. The standard InChI is InChI=1S/C15H19N3O2/c1-2-8-20-15(19)5-3-4-14-17-12-7-6-11(10-16)9-13(12)18-14/h2,6-7,9H,1,3-5,8,10,16H2,(H,17,18). The molecule has 20 heavy (non-hydrogen) atoms. The zero-order valence-electron chi connectivity index (χ0n) is 11.4. The maximum absolute atomic E-state index is 11.3. The molecule has 0 aliphatic rings. The fourth-order valence-corrected chi connectivity index (χ4v) is 1.97. The predicted molar refractivity (Wildman–Crippen MR) is 78.1 cm³/mol. The van der Waals surface area contributed by atoms with Crippen LogP contribution in [0, 0.1) is 0 Å². The fraction of sp³-hybridized carbons (Fsp3) is 0.333. The molecule has 2 rings (SSSR count). The molecule has 0 amide bonds. The van der Waals surface area contributed by atoms with E-state index in [1.54, 1.807) is 6.08 Å². The molecule has 0 aliphatic heterocycles. The Kier molecular flexibility index (Phi) is 4.90. The summed E-state index contributed by atoms with van der Waals surface area (Å²) < 4.78 is 4.92. The lowest BCUT2D eigenvalue weighted by Gasteiger charge is -2.00. The molecule has 1 heterocycles. The number of fused-ring (bicyclic) bond motifs is 1. The van der Waals surface area contributed by atoms with Gasteiger partial charge in [-0.3, -0.25) is 4.79 Å². The number of imidazole rings is 1. The molecule has 0 unspecified atom stereocenters. The second-order valence-corrected chi connectivity index (χ2v) is 4.56. The van der Waals surface area contributed by atoms with E-state index in [0.29, 0.717) is 19.4 Å².